The lowest BCUT2D eigenvalue weighted by molar-refractivity contribution is 0.278. The maximum Gasteiger partial charge on any atom is 0.0621 e. The molecule has 10 heavy (non-hydrogen) atoms. The van der Waals surface area contributed by atoms with Crippen molar-refractivity contribution in [1.82, 2.24) is 0 Å². The molecule has 0 bridgehead atoms. The SMILES string of the molecule is C=CCCC(=C)C(N)CO. The number of rotatable bonds is 5. The molecular weight excluding hydrogens is 126 g/mol. The molecule has 0 aliphatic carbocycles. The summed E-state index contributed by atoms with van der Waals surface area (Å²) in [6.45, 7) is 7.29. The Bertz CT molecular complexity index is 120. The highest BCUT2D eigenvalue weighted by Crippen LogP contribution is 2.05. The first-order valence-corrected chi connectivity index (χ1v) is 3.37. The standard InChI is InChI=1S/C8H15NO/c1-3-4-5-7(2)8(9)6-10/h3,8,10H,1-2,4-6,9H2. The Kier molecular flexibility index (Phi) is 4.89. The Morgan fingerprint density at radius 1 is 1.70 bits per heavy atom. The third kappa shape index (κ3) is 3.43. The van der Waals surface area contributed by atoms with Crippen LogP contribution in [0.5, 0.6) is 0 Å². The smallest absolute Gasteiger partial charge is 0.0621 e. The molecule has 0 saturated carbocycles. The van der Waals surface area contributed by atoms with Crippen LogP contribution in [0.4, 0.5) is 0 Å². The fourth-order valence-corrected chi connectivity index (χ4v) is 0.602. The van der Waals surface area contributed by atoms with Crippen molar-refractivity contribution >= 4 is 0 Å². The predicted octanol–water partition coefficient (Wildman–Crippen LogP) is 0.828. The molecule has 1 atom stereocenters. The third-order valence-electron chi connectivity index (χ3n) is 1.39. The van der Waals surface area contributed by atoms with Gasteiger partial charge in [0, 0.05) is 6.04 Å². The Balaban J connectivity index is 3.51. The normalized spacial score (nSPS) is 12.6. The largest absolute Gasteiger partial charge is 0.394 e. The van der Waals surface area contributed by atoms with E-state index in [1.165, 1.54) is 0 Å². The highest BCUT2D eigenvalue weighted by atomic mass is 16.3. The Labute approximate surface area is 62.0 Å². The van der Waals surface area contributed by atoms with Crippen LogP contribution in [0.3, 0.4) is 0 Å². The van der Waals surface area contributed by atoms with Crippen molar-refractivity contribution in [2.45, 2.75) is 18.9 Å². The average molecular weight is 141 g/mol. The summed E-state index contributed by atoms with van der Waals surface area (Å²) in [5, 5.41) is 8.59. The molecule has 0 aromatic heterocycles. The van der Waals surface area contributed by atoms with Crippen molar-refractivity contribution in [1.29, 1.82) is 0 Å². The van der Waals surface area contributed by atoms with Gasteiger partial charge in [0.25, 0.3) is 0 Å². The molecule has 0 amide bonds. The number of aliphatic hydroxyl groups excluding tert-OH is 1. The molecule has 58 valence electrons. The van der Waals surface area contributed by atoms with E-state index in [-0.39, 0.29) is 12.6 Å². The van der Waals surface area contributed by atoms with Gasteiger partial charge in [0.1, 0.15) is 0 Å². The van der Waals surface area contributed by atoms with Gasteiger partial charge in [0.2, 0.25) is 0 Å². The minimum Gasteiger partial charge on any atom is -0.394 e. The molecule has 3 N–H and O–H groups in total. The first-order valence-electron chi connectivity index (χ1n) is 3.37. The summed E-state index contributed by atoms with van der Waals surface area (Å²) in [4.78, 5) is 0. The summed E-state index contributed by atoms with van der Waals surface area (Å²) < 4.78 is 0. The van der Waals surface area contributed by atoms with Gasteiger partial charge in [0.05, 0.1) is 6.61 Å². The van der Waals surface area contributed by atoms with Gasteiger partial charge in [-0.2, -0.15) is 0 Å². The van der Waals surface area contributed by atoms with E-state index in [0.29, 0.717) is 0 Å². The minimum atomic E-state index is -0.264. The molecule has 2 nitrogen and oxygen atoms in total. The molecule has 0 aromatic carbocycles. The molecule has 0 saturated heterocycles. The monoisotopic (exact) mass is 141 g/mol. The van der Waals surface area contributed by atoms with Gasteiger partial charge < -0.3 is 10.8 Å². The van der Waals surface area contributed by atoms with Crippen LogP contribution in [0.15, 0.2) is 24.8 Å². The summed E-state index contributed by atoms with van der Waals surface area (Å²) in [6.07, 6.45) is 3.52. The van der Waals surface area contributed by atoms with Gasteiger partial charge in [0.15, 0.2) is 0 Å². The summed E-state index contributed by atoms with van der Waals surface area (Å²) >= 11 is 0. The summed E-state index contributed by atoms with van der Waals surface area (Å²) in [5.74, 6) is 0. The molecule has 0 aliphatic rings. The minimum absolute atomic E-state index is 0.0179. The van der Waals surface area contributed by atoms with Crippen LogP contribution in [-0.4, -0.2) is 17.8 Å². The molecule has 0 fully saturated rings. The lowest BCUT2D eigenvalue weighted by Crippen LogP contribution is -2.26. The second kappa shape index (κ2) is 5.21. The first-order chi connectivity index (χ1) is 4.72. The van der Waals surface area contributed by atoms with Crippen LogP contribution >= 0.6 is 0 Å². The Hall–Kier alpha value is -0.600. The zero-order valence-corrected chi connectivity index (χ0v) is 6.21. The van der Waals surface area contributed by atoms with Crippen molar-refractivity contribution in [3.05, 3.63) is 24.8 Å². The quantitative estimate of drug-likeness (QED) is 0.557. The van der Waals surface area contributed by atoms with Gasteiger partial charge in [-0.3, -0.25) is 0 Å². The van der Waals surface area contributed by atoms with E-state index in [0.717, 1.165) is 18.4 Å². The molecule has 0 aromatic rings. The number of hydrogen-bond acceptors (Lipinski definition) is 2. The van der Waals surface area contributed by atoms with Gasteiger partial charge >= 0.3 is 0 Å². The van der Waals surface area contributed by atoms with E-state index in [1.54, 1.807) is 0 Å². The first kappa shape index (κ1) is 9.40. The molecule has 0 spiro atoms. The third-order valence-corrected chi connectivity index (χ3v) is 1.39. The summed E-state index contributed by atoms with van der Waals surface area (Å²) in [5.41, 5.74) is 6.36. The zero-order chi connectivity index (χ0) is 7.98. The number of aliphatic hydroxyl groups is 1. The molecule has 2 heteroatoms. The number of hydrogen-bond donors (Lipinski definition) is 2. The fourth-order valence-electron chi connectivity index (χ4n) is 0.602. The number of allylic oxidation sites excluding steroid dienone is 1. The molecular formula is C8H15NO. The van der Waals surface area contributed by atoms with Crippen LogP contribution < -0.4 is 5.73 Å². The zero-order valence-electron chi connectivity index (χ0n) is 6.21. The second-order valence-corrected chi connectivity index (χ2v) is 2.27. The van der Waals surface area contributed by atoms with Crippen LogP contribution in [0.1, 0.15) is 12.8 Å². The van der Waals surface area contributed by atoms with Gasteiger partial charge in [-0.15, -0.1) is 6.58 Å². The van der Waals surface area contributed by atoms with Gasteiger partial charge in [-0.25, -0.2) is 0 Å². The van der Waals surface area contributed by atoms with Crippen LogP contribution in [0.2, 0.25) is 0 Å². The molecule has 0 aliphatic heterocycles. The van der Waals surface area contributed by atoms with E-state index >= 15 is 0 Å². The topological polar surface area (TPSA) is 46.2 Å². The van der Waals surface area contributed by atoms with Gasteiger partial charge in [-0.05, 0) is 12.8 Å². The van der Waals surface area contributed by atoms with E-state index in [1.807, 2.05) is 6.08 Å². The van der Waals surface area contributed by atoms with Crippen molar-refractivity contribution in [3.8, 4) is 0 Å². The van der Waals surface area contributed by atoms with Crippen LogP contribution in [0, 0.1) is 0 Å². The summed E-state index contributed by atoms with van der Waals surface area (Å²) in [6, 6.07) is -0.264. The Morgan fingerprint density at radius 3 is 2.70 bits per heavy atom. The van der Waals surface area contributed by atoms with E-state index in [4.69, 9.17) is 10.8 Å². The highest BCUT2D eigenvalue weighted by Gasteiger charge is 2.02. The molecule has 1 unspecified atom stereocenters. The molecule has 0 rings (SSSR count). The molecule has 0 heterocycles. The second-order valence-electron chi connectivity index (χ2n) is 2.27. The highest BCUT2D eigenvalue weighted by molar-refractivity contribution is 5.04. The fraction of sp³-hybridized carbons (Fsp3) is 0.500. The van der Waals surface area contributed by atoms with Crippen molar-refractivity contribution in [2.75, 3.05) is 6.61 Å². The maximum absolute atomic E-state index is 8.59. The lowest BCUT2D eigenvalue weighted by atomic mass is 10.1. The average Bonchev–Trinajstić information content (AvgIpc) is 1.98. The van der Waals surface area contributed by atoms with E-state index in [9.17, 15) is 0 Å². The lowest BCUT2D eigenvalue weighted by Gasteiger charge is -2.09. The van der Waals surface area contributed by atoms with Crippen LogP contribution in [-0.2, 0) is 0 Å². The van der Waals surface area contributed by atoms with E-state index < -0.39 is 0 Å². The van der Waals surface area contributed by atoms with Crippen molar-refractivity contribution in [3.63, 3.8) is 0 Å². The van der Waals surface area contributed by atoms with Crippen molar-refractivity contribution in [2.24, 2.45) is 5.73 Å². The van der Waals surface area contributed by atoms with E-state index in [2.05, 4.69) is 13.2 Å². The molecule has 0 radical (unpaired) electrons. The van der Waals surface area contributed by atoms with Gasteiger partial charge in [-0.1, -0.05) is 18.2 Å². The maximum atomic E-state index is 8.59. The van der Waals surface area contributed by atoms with Crippen LogP contribution in [0.25, 0.3) is 0 Å². The van der Waals surface area contributed by atoms with Crippen molar-refractivity contribution < 1.29 is 5.11 Å². The Morgan fingerprint density at radius 2 is 2.30 bits per heavy atom. The summed E-state index contributed by atoms with van der Waals surface area (Å²) in [7, 11) is 0. The predicted molar refractivity (Wildman–Crippen MR) is 43.6 cm³/mol. The number of nitrogens with two attached hydrogens (primary N) is 1.